The van der Waals surface area contributed by atoms with E-state index >= 15 is 0 Å². The number of aromatic amines is 1. The largest absolute Gasteiger partial charge is 0.396 e. The first-order valence-corrected chi connectivity index (χ1v) is 7.55. The van der Waals surface area contributed by atoms with Crippen LogP contribution in [0.3, 0.4) is 0 Å². The first-order chi connectivity index (χ1) is 11.4. The van der Waals surface area contributed by atoms with E-state index in [4.69, 9.17) is 5.11 Å². The third kappa shape index (κ3) is 2.25. The smallest absolute Gasteiger partial charge is 0.251 e. The number of hydrogen-bond donors (Lipinski definition) is 2. The number of ketones is 2. The van der Waals surface area contributed by atoms with Gasteiger partial charge in [-0.25, -0.2) is 0 Å². The summed E-state index contributed by atoms with van der Waals surface area (Å²) in [6.45, 7) is 3.17. The lowest BCUT2D eigenvalue weighted by Crippen LogP contribution is -2.36. The monoisotopic (exact) mass is 328 g/mol. The Bertz CT molecular complexity index is 997. The van der Waals surface area contributed by atoms with Gasteiger partial charge in [0.1, 0.15) is 11.4 Å². The van der Waals surface area contributed by atoms with Crippen LogP contribution in [-0.2, 0) is 6.54 Å². The quantitative estimate of drug-likeness (QED) is 0.719. The number of hydrogen-bond acceptors (Lipinski definition) is 5. The molecule has 0 saturated heterocycles. The Labute approximate surface area is 136 Å². The molecule has 124 valence electrons. The van der Waals surface area contributed by atoms with E-state index in [0.717, 1.165) is 0 Å². The van der Waals surface area contributed by atoms with Crippen LogP contribution in [0.1, 0.15) is 49.7 Å². The molecule has 1 aliphatic rings. The van der Waals surface area contributed by atoms with Crippen molar-refractivity contribution < 1.29 is 14.7 Å². The number of fused-ring (bicyclic) bond motifs is 2. The van der Waals surface area contributed by atoms with Crippen molar-refractivity contribution in [3.63, 3.8) is 0 Å². The normalized spacial score (nSPS) is 13.0. The molecule has 7 heteroatoms. The van der Waals surface area contributed by atoms with Gasteiger partial charge in [-0.15, -0.1) is 0 Å². The molecule has 1 aliphatic carbocycles. The summed E-state index contributed by atoms with van der Waals surface area (Å²) in [5, 5.41) is 9.01. The predicted octanol–water partition coefficient (Wildman–Crippen LogP) is 0.311. The van der Waals surface area contributed by atoms with Gasteiger partial charge in [0.25, 0.3) is 5.56 Å². The van der Waals surface area contributed by atoms with E-state index in [1.54, 1.807) is 13.8 Å². The van der Waals surface area contributed by atoms with Crippen LogP contribution in [0, 0.1) is 13.8 Å². The zero-order valence-corrected chi connectivity index (χ0v) is 13.3. The minimum absolute atomic E-state index is 0.0211. The molecular formula is C17H16N2O5. The lowest BCUT2D eigenvalue weighted by molar-refractivity contribution is 0.0964. The number of pyridine rings is 2. The second-order valence-corrected chi connectivity index (χ2v) is 5.84. The molecule has 2 aromatic rings. The van der Waals surface area contributed by atoms with E-state index in [-0.39, 0.29) is 47.9 Å². The number of H-pyrrole nitrogens is 1. The highest BCUT2D eigenvalue weighted by Gasteiger charge is 2.35. The number of aryl methyl sites for hydroxylation is 2. The molecule has 24 heavy (non-hydrogen) atoms. The molecule has 0 saturated carbocycles. The zero-order chi connectivity index (χ0) is 17.6. The number of aliphatic hydroxyl groups is 1. The summed E-state index contributed by atoms with van der Waals surface area (Å²) in [4.78, 5) is 52.2. The first kappa shape index (κ1) is 16.1. The van der Waals surface area contributed by atoms with Crippen molar-refractivity contribution in [2.45, 2.75) is 26.8 Å². The van der Waals surface area contributed by atoms with Crippen LogP contribution < -0.4 is 11.1 Å². The molecule has 2 N–H and O–H groups in total. The number of nitrogens with zero attached hydrogens (tertiary/aromatic N) is 1. The molecule has 0 bridgehead atoms. The Balaban J connectivity index is 2.37. The minimum atomic E-state index is -0.556. The molecule has 7 nitrogen and oxygen atoms in total. The highest BCUT2D eigenvalue weighted by Crippen LogP contribution is 2.28. The summed E-state index contributed by atoms with van der Waals surface area (Å²) in [6.07, 6.45) is 0.272. The second-order valence-electron chi connectivity index (χ2n) is 5.84. The van der Waals surface area contributed by atoms with Crippen molar-refractivity contribution in [1.82, 2.24) is 9.55 Å². The minimum Gasteiger partial charge on any atom is -0.396 e. The van der Waals surface area contributed by atoms with E-state index in [9.17, 15) is 19.2 Å². The van der Waals surface area contributed by atoms with Gasteiger partial charge in [0.15, 0.2) is 5.78 Å². The summed E-state index contributed by atoms with van der Waals surface area (Å²) in [5.74, 6) is -0.942. The third-order valence-corrected chi connectivity index (χ3v) is 4.18. The average molecular weight is 328 g/mol. The SMILES string of the molecule is Cc1cc(=O)[nH]c2c1C(=O)c1c(C)cc(=O)n(CCCO)c1C2=O. The topological polar surface area (TPSA) is 109 Å². The average Bonchev–Trinajstić information content (AvgIpc) is 2.50. The first-order valence-electron chi connectivity index (χ1n) is 7.55. The van der Waals surface area contributed by atoms with Crippen molar-refractivity contribution >= 4 is 11.6 Å². The number of rotatable bonds is 3. The van der Waals surface area contributed by atoms with Gasteiger partial charge in [0, 0.05) is 25.3 Å². The van der Waals surface area contributed by atoms with E-state index in [1.807, 2.05) is 0 Å². The maximum Gasteiger partial charge on any atom is 0.251 e. The highest BCUT2D eigenvalue weighted by atomic mass is 16.3. The van der Waals surface area contributed by atoms with Crippen LogP contribution in [0.5, 0.6) is 0 Å². The molecule has 0 fully saturated rings. The molecule has 0 atom stereocenters. The van der Waals surface area contributed by atoms with Gasteiger partial charge in [0.05, 0.1) is 11.1 Å². The van der Waals surface area contributed by atoms with Crippen LogP contribution in [0.4, 0.5) is 0 Å². The van der Waals surface area contributed by atoms with E-state index < -0.39 is 16.9 Å². The van der Waals surface area contributed by atoms with Gasteiger partial charge < -0.3 is 14.7 Å². The van der Waals surface area contributed by atoms with Crippen LogP contribution in [0.25, 0.3) is 0 Å². The Morgan fingerprint density at radius 3 is 2.33 bits per heavy atom. The Morgan fingerprint density at radius 1 is 1.00 bits per heavy atom. The van der Waals surface area contributed by atoms with Crippen molar-refractivity contribution in [2.75, 3.05) is 6.61 Å². The highest BCUT2D eigenvalue weighted by molar-refractivity contribution is 6.27. The van der Waals surface area contributed by atoms with Crippen LogP contribution in [0.15, 0.2) is 21.7 Å². The molecular weight excluding hydrogens is 312 g/mol. The van der Waals surface area contributed by atoms with Crippen molar-refractivity contribution in [3.05, 3.63) is 66.5 Å². The number of carbonyl (C=O) groups excluding carboxylic acids is 2. The molecule has 0 unspecified atom stereocenters. The van der Waals surface area contributed by atoms with E-state index in [1.165, 1.54) is 16.7 Å². The number of aromatic nitrogens is 2. The molecule has 0 amide bonds. The molecule has 3 rings (SSSR count). The zero-order valence-electron chi connectivity index (χ0n) is 13.3. The summed E-state index contributed by atoms with van der Waals surface area (Å²) in [6, 6.07) is 2.58. The van der Waals surface area contributed by atoms with Gasteiger partial charge in [-0.3, -0.25) is 19.2 Å². The lowest BCUT2D eigenvalue weighted by atomic mass is 9.85. The fourth-order valence-electron chi connectivity index (χ4n) is 3.13. The van der Waals surface area contributed by atoms with Crippen LogP contribution >= 0.6 is 0 Å². The molecule has 0 radical (unpaired) electrons. The Morgan fingerprint density at radius 2 is 1.67 bits per heavy atom. The third-order valence-electron chi connectivity index (χ3n) is 4.18. The summed E-state index contributed by atoms with van der Waals surface area (Å²) < 4.78 is 1.20. The molecule has 0 aliphatic heterocycles. The lowest BCUT2D eigenvalue weighted by Gasteiger charge is -2.23. The molecule has 2 heterocycles. The molecule has 2 aromatic heterocycles. The summed E-state index contributed by atoms with van der Waals surface area (Å²) in [5.41, 5.74) is 0.192. The van der Waals surface area contributed by atoms with Crippen LogP contribution in [0.2, 0.25) is 0 Å². The van der Waals surface area contributed by atoms with Crippen molar-refractivity contribution in [1.29, 1.82) is 0 Å². The maximum absolute atomic E-state index is 12.9. The second kappa shape index (κ2) is 5.68. The molecule has 0 spiro atoms. The number of nitrogens with one attached hydrogen (secondary N) is 1. The van der Waals surface area contributed by atoms with Crippen molar-refractivity contribution in [3.8, 4) is 0 Å². The summed E-state index contributed by atoms with van der Waals surface area (Å²) in [7, 11) is 0. The molecule has 0 aromatic carbocycles. The fourth-order valence-corrected chi connectivity index (χ4v) is 3.13. The fraction of sp³-hybridized carbons (Fsp3) is 0.294. The van der Waals surface area contributed by atoms with Crippen molar-refractivity contribution in [2.24, 2.45) is 0 Å². The van der Waals surface area contributed by atoms with E-state index in [2.05, 4.69) is 4.98 Å². The number of carbonyl (C=O) groups is 2. The van der Waals surface area contributed by atoms with Gasteiger partial charge in [-0.2, -0.15) is 0 Å². The van der Waals surface area contributed by atoms with Crippen LogP contribution in [-0.4, -0.2) is 32.8 Å². The predicted molar refractivity (Wildman–Crippen MR) is 85.8 cm³/mol. The number of aliphatic hydroxyl groups excluding tert-OH is 1. The van der Waals surface area contributed by atoms with E-state index in [0.29, 0.717) is 11.1 Å². The Hall–Kier alpha value is -2.80. The van der Waals surface area contributed by atoms with Gasteiger partial charge in [-0.05, 0) is 31.4 Å². The maximum atomic E-state index is 12.9. The standard InChI is InChI=1S/C17H16N2O5/c1-8-6-10(21)18-14-12(8)16(23)13-9(2)7-11(22)19(4-3-5-20)15(13)17(14)24/h6-7,20H,3-5H2,1-2H3,(H,18,21). The van der Waals surface area contributed by atoms with Gasteiger partial charge in [0.2, 0.25) is 11.3 Å². The van der Waals surface area contributed by atoms with Gasteiger partial charge in [-0.1, -0.05) is 0 Å². The Kier molecular flexibility index (Phi) is 3.81. The summed E-state index contributed by atoms with van der Waals surface area (Å²) >= 11 is 0. The van der Waals surface area contributed by atoms with Gasteiger partial charge >= 0.3 is 0 Å².